The van der Waals surface area contributed by atoms with Crippen LogP contribution in [0.3, 0.4) is 0 Å². The van der Waals surface area contributed by atoms with Crippen LogP contribution in [0, 0.1) is 23.2 Å². The number of fused-ring (bicyclic) bond motifs is 1. The topological polar surface area (TPSA) is 35.5 Å². The van der Waals surface area contributed by atoms with E-state index in [1.54, 1.807) is 6.08 Å². The first kappa shape index (κ1) is 12.1. The smallest absolute Gasteiger partial charge is 0.163 e. The maximum absolute atomic E-state index is 12.0. The van der Waals surface area contributed by atoms with Gasteiger partial charge in [0.05, 0.1) is 12.2 Å². The fourth-order valence-corrected chi connectivity index (χ4v) is 5.04. The summed E-state index contributed by atoms with van der Waals surface area (Å²) in [4.78, 5) is 12.0. The Bertz CT molecular complexity index is 467. The van der Waals surface area contributed by atoms with Gasteiger partial charge in [0.15, 0.2) is 11.6 Å². The number of carbonyl (C=O) groups is 1. The van der Waals surface area contributed by atoms with E-state index in [1.165, 1.54) is 6.42 Å². The summed E-state index contributed by atoms with van der Waals surface area (Å²) < 4.78 is 12.4. The van der Waals surface area contributed by atoms with Crippen molar-refractivity contribution >= 4 is 5.78 Å². The van der Waals surface area contributed by atoms with E-state index in [9.17, 15) is 4.79 Å². The van der Waals surface area contributed by atoms with E-state index in [0.717, 1.165) is 12.8 Å². The van der Waals surface area contributed by atoms with Gasteiger partial charge in [-0.25, -0.2) is 0 Å². The zero-order valence-corrected chi connectivity index (χ0v) is 11.9. The molecule has 5 aliphatic rings. The molecule has 1 spiro atoms. The van der Waals surface area contributed by atoms with Gasteiger partial charge in [0.1, 0.15) is 0 Å². The van der Waals surface area contributed by atoms with Gasteiger partial charge in [-0.15, -0.1) is 0 Å². The second-order valence-corrected chi connectivity index (χ2v) is 7.30. The average Bonchev–Trinajstić information content (AvgIpc) is 2.71. The van der Waals surface area contributed by atoms with Crippen molar-refractivity contribution in [1.29, 1.82) is 0 Å². The summed E-state index contributed by atoms with van der Waals surface area (Å²) in [7, 11) is 0. The van der Waals surface area contributed by atoms with Crippen LogP contribution in [-0.2, 0) is 14.3 Å². The van der Waals surface area contributed by atoms with Crippen LogP contribution in [0.15, 0.2) is 12.2 Å². The predicted octanol–water partition coefficient (Wildman–Crippen LogP) is 2.70. The molecule has 0 aromatic rings. The van der Waals surface area contributed by atoms with Crippen LogP contribution >= 0.6 is 0 Å². The van der Waals surface area contributed by atoms with Gasteiger partial charge in [0.2, 0.25) is 0 Å². The Morgan fingerprint density at radius 3 is 2.89 bits per heavy atom. The molecule has 1 heterocycles. The molecule has 0 aromatic carbocycles. The summed E-state index contributed by atoms with van der Waals surface area (Å²) in [6.07, 6.45) is 7.82. The molecular weight excluding hydrogens is 240 g/mol. The fourth-order valence-electron chi connectivity index (χ4n) is 5.04. The fraction of sp³-hybridized carbons (Fsp3) is 0.812. The van der Waals surface area contributed by atoms with Crippen molar-refractivity contribution in [3.63, 3.8) is 0 Å². The minimum atomic E-state index is -0.474. The van der Waals surface area contributed by atoms with Crippen molar-refractivity contribution in [2.75, 3.05) is 0 Å². The molecule has 5 unspecified atom stereocenters. The van der Waals surface area contributed by atoms with E-state index in [2.05, 4.69) is 13.0 Å². The first-order valence-electron chi connectivity index (χ1n) is 7.52. The zero-order chi connectivity index (χ0) is 13.4. The molecule has 0 amide bonds. The lowest BCUT2D eigenvalue weighted by atomic mass is 9.48. The number of hydrogen-bond acceptors (Lipinski definition) is 3. The number of carbonyl (C=O) groups excluding carboxylic acids is 1. The van der Waals surface area contributed by atoms with Gasteiger partial charge in [-0.1, -0.05) is 13.0 Å². The Hall–Kier alpha value is -0.670. The van der Waals surface area contributed by atoms with Gasteiger partial charge in [0.25, 0.3) is 0 Å². The SMILES string of the molecule is C[C@@H]1C(=O)C=CC23CCC(CC12)C1OC(C)(C)OC13. The molecule has 3 heteroatoms. The van der Waals surface area contributed by atoms with Gasteiger partial charge >= 0.3 is 0 Å². The Morgan fingerprint density at radius 1 is 1.32 bits per heavy atom. The number of ether oxygens (including phenoxy) is 2. The molecule has 104 valence electrons. The summed E-state index contributed by atoms with van der Waals surface area (Å²) in [6, 6.07) is 0. The second-order valence-electron chi connectivity index (χ2n) is 7.30. The lowest BCUT2D eigenvalue weighted by Crippen LogP contribution is -2.60. The quantitative estimate of drug-likeness (QED) is 0.673. The van der Waals surface area contributed by atoms with Crippen LogP contribution < -0.4 is 0 Å². The monoisotopic (exact) mass is 262 g/mol. The van der Waals surface area contributed by atoms with Crippen LogP contribution in [0.2, 0.25) is 0 Å². The maximum atomic E-state index is 12.0. The Labute approximate surface area is 114 Å². The highest BCUT2D eigenvalue weighted by atomic mass is 16.8. The number of rotatable bonds is 0. The highest BCUT2D eigenvalue weighted by Gasteiger charge is 2.65. The molecule has 6 atom stereocenters. The van der Waals surface area contributed by atoms with E-state index in [-0.39, 0.29) is 29.3 Å². The Kier molecular flexibility index (Phi) is 2.23. The number of hydrogen-bond donors (Lipinski definition) is 0. The van der Waals surface area contributed by atoms with Crippen LogP contribution in [0.1, 0.15) is 40.0 Å². The second kappa shape index (κ2) is 3.50. The molecule has 0 radical (unpaired) electrons. The molecule has 2 bridgehead atoms. The first-order chi connectivity index (χ1) is 8.93. The van der Waals surface area contributed by atoms with E-state index in [0.29, 0.717) is 11.8 Å². The highest BCUT2D eigenvalue weighted by Crippen LogP contribution is 2.62. The molecule has 1 aliphatic heterocycles. The molecular formula is C16H22O3. The molecule has 1 saturated heterocycles. The van der Waals surface area contributed by atoms with Gasteiger partial charge in [-0.3, -0.25) is 4.79 Å². The van der Waals surface area contributed by atoms with Crippen LogP contribution in [0.5, 0.6) is 0 Å². The third-order valence-electron chi connectivity index (χ3n) is 5.93. The van der Waals surface area contributed by atoms with Crippen LogP contribution in [0.25, 0.3) is 0 Å². The third-order valence-corrected chi connectivity index (χ3v) is 5.93. The van der Waals surface area contributed by atoms with Crippen molar-refractivity contribution in [1.82, 2.24) is 0 Å². The predicted molar refractivity (Wildman–Crippen MR) is 70.4 cm³/mol. The van der Waals surface area contributed by atoms with Crippen LogP contribution in [-0.4, -0.2) is 23.8 Å². The van der Waals surface area contributed by atoms with Crippen molar-refractivity contribution in [3.05, 3.63) is 12.2 Å². The molecule has 3 nitrogen and oxygen atoms in total. The average molecular weight is 262 g/mol. The van der Waals surface area contributed by atoms with E-state index < -0.39 is 5.79 Å². The summed E-state index contributed by atoms with van der Waals surface area (Å²) in [5.74, 6) is 0.972. The molecule has 0 aromatic heterocycles. The van der Waals surface area contributed by atoms with Gasteiger partial charge in [0, 0.05) is 11.3 Å². The van der Waals surface area contributed by atoms with Crippen molar-refractivity contribution in [2.24, 2.45) is 23.2 Å². The maximum Gasteiger partial charge on any atom is 0.163 e. The van der Waals surface area contributed by atoms with Crippen molar-refractivity contribution in [3.8, 4) is 0 Å². The van der Waals surface area contributed by atoms with Crippen molar-refractivity contribution in [2.45, 2.75) is 58.0 Å². The summed E-state index contributed by atoms with van der Waals surface area (Å²) in [5, 5.41) is 0. The zero-order valence-electron chi connectivity index (χ0n) is 11.9. The van der Waals surface area contributed by atoms with E-state index in [4.69, 9.17) is 9.47 Å². The van der Waals surface area contributed by atoms with Gasteiger partial charge in [-0.05, 0) is 51.0 Å². The van der Waals surface area contributed by atoms with Crippen LogP contribution in [0.4, 0.5) is 0 Å². The summed E-state index contributed by atoms with van der Waals surface area (Å²) >= 11 is 0. The standard InChI is InChI=1S/C16H22O3/c1-9-11-8-10-4-6-16(11,7-5-12(9)17)14-13(10)18-15(2,3)19-14/h5,7,9-11,13-14H,4,6,8H2,1-3H3/t9-,10?,11?,13?,14?,16?/m0/s1. The molecule has 4 fully saturated rings. The largest absolute Gasteiger partial charge is 0.344 e. The Balaban J connectivity index is 1.80. The minimum absolute atomic E-state index is 0.0422. The highest BCUT2D eigenvalue weighted by molar-refractivity contribution is 5.93. The number of allylic oxidation sites excluding steroid dienone is 1. The Morgan fingerprint density at radius 2 is 2.11 bits per heavy atom. The lowest BCUT2D eigenvalue weighted by Gasteiger charge is -2.58. The number of ketones is 1. The van der Waals surface area contributed by atoms with E-state index >= 15 is 0 Å². The minimum Gasteiger partial charge on any atom is -0.344 e. The normalized spacial score (nSPS) is 54.1. The summed E-state index contributed by atoms with van der Waals surface area (Å²) in [6.45, 7) is 6.12. The van der Waals surface area contributed by atoms with Gasteiger partial charge < -0.3 is 9.47 Å². The molecule has 19 heavy (non-hydrogen) atoms. The molecule has 5 rings (SSSR count). The van der Waals surface area contributed by atoms with Gasteiger partial charge in [-0.2, -0.15) is 0 Å². The van der Waals surface area contributed by atoms with E-state index in [1.807, 2.05) is 13.8 Å². The third kappa shape index (κ3) is 1.43. The summed E-state index contributed by atoms with van der Waals surface area (Å²) in [5.41, 5.74) is 0.0422. The molecule has 4 aliphatic carbocycles. The lowest BCUT2D eigenvalue weighted by molar-refractivity contribution is -0.159. The molecule has 3 saturated carbocycles. The first-order valence-corrected chi connectivity index (χ1v) is 7.52. The molecule has 0 N–H and O–H groups in total. The van der Waals surface area contributed by atoms with Crippen molar-refractivity contribution < 1.29 is 14.3 Å².